The quantitative estimate of drug-likeness (QED) is 0.278. The van der Waals surface area contributed by atoms with Crippen molar-refractivity contribution in [1.29, 1.82) is 0 Å². The molecule has 0 aromatic heterocycles. The molecule has 0 amide bonds. The summed E-state index contributed by atoms with van der Waals surface area (Å²) in [5.41, 5.74) is 2.55. The molecule has 1 fully saturated rings. The largest absolute Gasteiger partial charge is 0.486 e. The molecule has 3 aromatic carbocycles. The van der Waals surface area contributed by atoms with Gasteiger partial charge in [-0.25, -0.2) is 8.78 Å². The van der Waals surface area contributed by atoms with Crippen molar-refractivity contribution >= 4 is 0 Å². The van der Waals surface area contributed by atoms with Crippen molar-refractivity contribution in [2.75, 3.05) is 13.2 Å². The number of allylic oxidation sites excluding steroid dienone is 2. The number of hydrogen-bond donors (Lipinski definition) is 0. The minimum atomic E-state index is -1.05. The van der Waals surface area contributed by atoms with Gasteiger partial charge >= 0.3 is 0 Å². The van der Waals surface area contributed by atoms with Crippen LogP contribution in [0.5, 0.6) is 5.75 Å². The molecule has 0 radical (unpaired) electrons. The number of rotatable bonds is 9. The van der Waals surface area contributed by atoms with E-state index in [1.165, 1.54) is 18.2 Å². The summed E-state index contributed by atoms with van der Waals surface area (Å²) in [5, 5.41) is 0. The predicted octanol–water partition coefficient (Wildman–Crippen LogP) is 8.83. The summed E-state index contributed by atoms with van der Waals surface area (Å²) >= 11 is 0. The first-order valence-electron chi connectivity index (χ1n) is 12.4. The first kappa shape index (κ1) is 25.8. The summed E-state index contributed by atoms with van der Waals surface area (Å²) in [6, 6.07) is 14.8. The molecule has 2 atom stereocenters. The second-order valence-corrected chi connectivity index (χ2v) is 9.07. The van der Waals surface area contributed by atoms with Gasteiger partial charge in [-0.2, -0.15) is 4.39 Å². The van der Waals surface area contributed by atoms with E-state index >= 15 is 4.39 Å². The lowest BCUT2D eigenvalue weighted by Crippen LogP contribution is -2.20. The molecule has 1 saturated heterocycles. The Morgan fingerprint density at radius 1 is 0.944 bits per heavy atom. The molecule has 0 saturated carbocycles. The third-order valence-electron chi connectivity index (χ3n) is 6.62. The van der Waals surface area contributed by atoms with Crippen molar-refractivity contribution in [3.63, 3.8) is 0 Å². The molecule has 0 aliphatic carbocycles. The third-order valence-corrected chi connectivity index (χ3v) is 6.62. The van der Waals surface area contributed by atoms with Crippen LogP contribution in [0.4, 0.5) is 13.2 Å². The van der Waals surface area contributed by atoms with E-state index in [-0.39, 0.29) is 29.8 Å². The Bertz CT molecular complexity index is 1210. The number of ether oxygens (including phenoxy) is 2. The molecule has 4 rings (SSSR count). The van der Waals surface area contributed by atoms with E-state index in [0.29, 0.717) is 29.2 Å². The summed E-state index contributed by atoms with van der Waals surface area (Å²) in [4.78, 5) is 0. The number of halogens is 3. The van der Waals surface area contributed by atoms with Crippen LogP contribution in [-0.2, 0) is 4.74 Å². The first-order valence-corrected chi connectivity index (χ1v) is 12.4. The zero-order valence-electron chi connectivity index (χ0n) is 20.5. The second-order valence-electron chi connectivity index (χ2n) is 9.07. The summed E-state index contributed by atoms with van der Waals surface area (Å²) < 4.78 is 55.2. The maximum atomic E-state index is 15.1. The molecule has 1 heterocycles. The topological polar surface area (TPSA) is 18.5 Å². The summed E-state index contributed by atoms with van der Waals surface area (Å²) in [7, 11) is 0. The van der Waals surface area contributed by atoms with E-state index in [9.17, 15) is 8.78 Å². The summed E-state index contributed by atoms with van der Waals surface area (Å²) in [6.07, 6.45) is 9.75. The Morgan fingerprint density at radius 2 is 1.67 bits per heavy atom. The van der Waals surface area contributed by atoms with Crippen LogP contribution < -0.4 is 4.74 Å². The van der Waals surface area contributed by atoms with Crippen LogP contribution >= 0.6 is 0 Å². The fourth-order valence-electron chi connectivity index (χ4n) is 4.61. The molecule has 1 aliphatic rings. The molecule has 2 unspecified atom stereocenters. The van der Waals surface area contributed by atoms with Gasteiger partial charge in [0, 0.05) is 11.1 Å². The normalized spacial score (nSPS) is 17.9. The standard InChI is InChI=1S/C31H31F3O2/c1-3-5-6-7-21-8-16-28(36-20-21)24-13-14-25(27(32)19-24)22-9-11-23(12-10-22)26-15-17-29(35-18-4-2)31(34)30(26)33/h3-5,9-15,17,19,21,28H,2,6-8,16,18,20H2,1H3. The van der Waals surface area contributed by atoms with Crippen molar-refractivity contribution < 1.29 is 22.6 Å². The van der Waals surface area contributed by atoms with E-state index in [1.54, 1.807) is 36.4 Å². The van der Waals surface area contributed by atoms with Gasteiger partial charge in [0.05, 0.1) is 12.7 Å². The van der Waals surface area contributed by atoms with Gasteiger partial charge < -0.3 is 9.47 Å². The Morgan fingerprint density at radius 3 is 2.31 bits per heavy atom. The highest BCUT2D eigenvalue weighted by molar-refractivity contribution is 5.71. The van der Waals surface area contributed by atoms with Crippen molar-refractivity contribution in [2.24, 2.45) is 5.92 Å². The maximum Gasteiger partial charge on any atom is 0.201 e. The Kier molecular flexibility index (Phi) is 8.65. The van der Waals surface area contributed by atoms with E-state index in [0.717, 1.165) is 31.2 Å². The molecule has 36 heavy (non-hydrogen) atoms. The van der Waals surface area contributed by atoms with Gasteiger partial charge in [-0.1, -0.05) is 61.2 Å². The van der Waals surface area contributed by atoms with Gasteiger partial charge in [0.15, 0.2) is 11.6 Å². The van der Waals surface area contributed by atoms with E-state index in [2.05, 4.69) is 18.7 Å². The van der Waals surface area contributed by atoms with Crippen LogP contribution in [0.1, 0.15) is 44.3 Å². The fraction of sp³-hybridized carbons (Fsp3) is 0.290. The third kappa shape index (κ3) is 5.90. The van der Waals surface area contributed by atoms with Crippen LogP contribution in [-0.4, -0.2) is 13.2 Å². The van der Waals surface area contributed by atoms with Crippen molar-refractivity contribution in [1.82, 2.24) is 0 Å². The summed E-state index contributed by atoms with van der Waals surface area (Å²) in [6.45, 7) is 6.31. The molecule has 0 bridgehead atoms. The zero-order chi connectivity index (χ0) is 25.5. The highest BCUT2D eigenvalue weighted by Crippen LogP contribution is 2.35. The molecule has 3 aromatic rings. The van der Waals surface area contributed by atoms with E-state index < -0.39 is 11.6 Å². The monoisotopic (exact) mass is 492 g/mol. The smallest absolute Gasteiger partial charge is 0.201 e. The highest BCUT2D eigenvalue weighted by atomic mass is 19.2. The predicted molar refractivity (Wildman–Crippen MR) is 138 cm³/mol. The van der Waals surface area contributed by atoms with Crippen molar-refractivity contribution in [3.8, 4) is 28.0 Å². The van der Waals surface area contributed by atoms with Crippen LogP contribution in [0.2, 0.25) is 0 Å². The lowest BCUT2D eigenvalue weighted by molar-refractivity contribution is -0.0191. The van der Waals surface area contributed by atoms with Crippen molar-refractivity contribution in [2.45, 2.75) is 38.7 Å². The van der Waals surface area contributed by atoms with Crippen LogP contribution in [0, 0.1) is 23.4 Å². The molecule has 5 heteroatoms. The summed E-state index contributed by atoms with van der Waals surface area (Å²) in [5.74, 6) is -1.99. The van der Waals surface area contributed by atoms with Gasteiger partial charge in [0.1, 0.15) is 12.4 Å². The first-order chi connectivity index (χ1) is 17.5. The molecule has 1 aliphatic heterocycles. The van der Waals surface area contributed by atoms with Gasteiger partial charge in [-0.05, 0) is 73.4 Å². The maximum absolute atomic E-state index is 15.1. The van der Waals surface area contributed by atoms with Crippen LogP contribution in [0.15, 0.2) is 79.4 Å². The van der Waals surface area contributed by atoms with Gasteiger partial charge in [0.25, 0.3) is 0 Å². The van der Waals surface area contributed by atoms with E-state index in [1.807, 2.05) is 13.0 Å². The highest BCUT2D eigenvalue weighted by Gasteiger charge is 2.23. The van der Waals surface area contributed by atoms with Crippen LogP contribution in [0.25, 0.3) is 22.3 Å². The Balaban J connectivity index is 1.45. The molecule has 0 spiro atoms. The number of hydrogen-bond acceptors (Lipinski definition) is 2. The SMILES string of the molecule is C=CCOc1ccc(-c2ccc(-c3ccc(C4CCC(CCC=CC)CO4)cc3F)cc2)c(F)c1F. The van der Waals surface area contributed by atoms with Crippen molar-refractivity contribution in [3.05, 3.63) is 102 Å². The minimum Gasteiger partial charge on any atom is -0.486 e. The average molecular weight is 493 g/mol. The Hall–Kier alpha value is -3.31. The van der Waals surface area contributed by atoms with E-state index in [4.69, 9.17) is 9.47 Å². The molecule has 2 nitrogen and oxygen atoms in total. The Labute approximate surface area is 211 Å². The van der Waals surface area contributed by atoms with Gasteiger partial charge in [-0.15, -0.1) is 0 Å². The lowest BCUT2D eigenvalue weighted by atomic mass is 9.91. The minimum absolute atomic E-state index is 0.0824. The number of benzene rings is 3. The fourth-order valence-corrected chi connectivity index (χ4v) is 4.61. The average Bonchev–Trinajstić information content (AvgIpc) is 2.90. The second kappa shape index (κ2) is 12.1. The van der Waals surface area contributed by atoms with Gasteiger partial charge in [0.2, 0.25) is 5.82 Å². The zero-order valence-corrected chi connectivity index (χ0v) is 20.5. The molecule has 188 valence electrons. The molecular formula is C31H31F3O2. The molecule has 0 N–H and O–H groups in total. The van der Waals surface area contributed by atoms with Gasteiger partial charge in [-0.3, -0.25) is 0 Å². The van der Waals surface area contributed by atoms with Crippen LogP contribution in [0.3, 0.4) is 0 Å². The molecular weight excluding hydrogens is 461 g/mol. The lowest BCUT2D eigenvalue weighted by Gasteiger charge is -2.29.